The number of hydrogen-bond donors (Lipinski definition) is 0. The first-order valence-corrected chi connectivity index (χ1v) is 8.28. The molecule has 0 heterocycles. The first-order valence-electron chi connectivity index (χ1n) is 8.28. The second-order valence-corrected chi connectivity index (χ2v) is 6.36. The van der Waals surface area contributed by atoms with Crippen molar-refractivity contribution in [3.05, 3.63) is 97.1 Å². The van der Waals surface area contributed by atoms with Gasteiger partial charge in [-0.15, -0.1) is 0 Å². The minimum atomic E-state index is 1.22. The summed E-state index contributed by atoms with van der Waals surface area (Å²) in [6.45, 7) is 0. The summed E-state index contributed by atoms with van der Waals surface area (Å²) in [7, 11) is 0. The molecule has 0 N–H and O–H groups in total. The quantitative estimate of drug-likeness (QED) is 0.274. The minimum absolute atomic E-state index is 1.22. The Morgan fingerprint density at radius 2 is 0.583 bits per heavy atom. The van der Waals surface area contributed by atoms with Gasteiger partial charge in [0.05, 0.1) is 0 Å². The van der Waals surface area contributed by atoms with Crippen molar-refractivity contribution >= 4 is 43.1 Å². The van der Waals surface area contributed by atoms with Crippen molar-refractivity contribution in [2.45, 2.75) is 0 Å². The Morgan fingerprint density at radius 3 is 1.00 bits per heavy atom. The maximum atomic E-state index is 2.29. The Hall–Kier alpha value is -3.12. The molecule has 0 saturated heterocycles. The topological polar surface area (TPSA) is 0 Å². The fourth-order valence-electron chi connectivity index (χ4n) is 3.39. The van der Waals surface area contributed by atoms with Gasteiger partial charge in [0.1, 0.15) is 0 Å². The van der Waals surface area contributed by atoms with Crippen molar-refractivity contribution in [3.63, 3.8) is 0 Å². The van der Waals surface area contributed by atoms with Crippen LogP contribution in [0.5, 0.6) is 0 Å². The van der Waals surface area contributed by atoms with E-state index in [1.54, 1.807) is 0 Å². The molecule has 0 aliphatic carbocycles. The maximum absolute atomic E-state index is 2.29. The van der Waals surface area contributed by atoms with E-state index in [-0.39, 0.29) is 0 Å². The molecule has 24 heavy (non-hydrogen) atoms. The van der Waals surface area contributed by atoms with Gasteiger partial charge in [0, 0.05) is 0 Å². The van der Waals surface area contributed by atoms with Crippen molar-refractivity contribution in [2.24, 2.45) is 0 Å². The Morgan fingerprint density at radius 1 is 0.292 bits per heavy atom. The van der Waals surface area contributed by atoms with Crippen molar-refractivity contribution in [1.29, 1.82) is 0 Å². The Balaban J connectivity index is 2.02. The van der Waals surface area contributed by atoms with Crippen LogP contribution >= 0.6 is 0 Å². The molecular formula is C24H16. The Labute approximate surface area is 140 Å². The molecule has 0 aliphatic heterocycles. The van der Waals surface area contributed by atoms with Gasteiger partial charge in [-0.2, -0.15) is 0 Å². The molecule has 6 aromatic carbocycles. The highest BCUT2D eigenvalue weighted by Crippen LogP contribution is 2.28. The van der Waals surface area contributed by atoms with Crippen molar-refractivity contribution < 1.29 is 0 Å². The summed E-state index contributed by atoms with van der Waals surface area (Å²) in [4.78, 5) is 0. The summed E-state index contributed by atoms with van der Waals surface area (Å²) in [6, 6.07) is 35.2. The smallest absolute Gasteiger partial charge is 0.00992 e. The predicted molar refractivity (Wildman–Crippen MR) is 105 cm³/mol. The third kappa shape index (κ3) is 2.24. The summed E-state index contributed by atoms with van der Waals surface area (Å²) < 4.78 is 0. The lowest BCUT2D eigenvalue weighted by atomic mass is 9.99. The van der Waals surface area contributed by atoms with Crippen LogP contribution in [0.25, 0.3) is 43.1 Å². The van der Waals surface area contributed by atoms with Gasteiger partial charge in [-0.25, -0.2) is 0 Å². The number of fused-ring (bicyclic) bond motifs is 4. The van der Waals surface area contributed by atoms with Gasteiger partial charge >= 0.3 is 0 Å². The second kappa shape index (κ2) is 5.21. The third-order valence-electron chi connectivity index (χ3n) is 4.76. The molecule has 6 bridgehead atoms. The summed E-state index contributed by atoms with van der Waals surface area (Å²) in [5.74, 6) is 0. The monoisotopic (exact) mass is 304 g/mol. The average molecular weight is 304 g/mol. The molecular weight excluding hydrogens is 288 g/mol. The molecule has 0 nitrogen and oxygen atoms in total. The van der Waals surface area contributed by atoms with E-state index in [0.29, 0.717) is 0 Å². The van der Waals surface area contributed by atoms with Crippen LogP contribution in [0.1, 0.15) is 0 Å². The van der Waals surface area contributed by atoms with E-state index in [0.717, 1.165) is 0 Å². The summed E-state index contributed by atoms with van der Waals surface area (Å²) >= 11 is 0. The molecule has 112 valence electrons. The summed E-state index contributed by atoms with van der Waals surface area (Å²) in [6.07, 6.45) is 0. The number of hydrogen-bond acceptors (Lipinski definition) is 0. The highest BCUT2D eigenvalue weighted by Gasteiger charge is 2.00. The molecule has 6 aromatic rings. The molecule has 0 amide bonds. The predicted octanol–water partition coefficient (Wildman–Crippen LogP) is 6.86. The first kappa shape index (κ1) is 13.3. The molecule has 0 saturated carbocycles. The van der Waals surface area contributed by atoms with E-state index in [1.807, 2.05) is 0 Å². The molecule has 0 aromatic heterocycles. The molecule has 0 atom stereocenters. The largest absolute Gasteiger partial charge is 0.0544 e. The lowest BCUT2D eigenvalue weighted by Crippen LogP contribution is -1.78. The summed E-state index contributed by atoms with van der Waals surface area (Å²) in [5.41, 5.74) is 0. The normalized spacial score (nSPS) is 11.3. The minimum Gasteiger partial charge on any atom is -0.0544 e. The molecule has 0 heteroatoms. The molecule has 0 spiro atoms. The number of benzene rings is 4. The zero-order valence-corrected chi connectivity index (χ0v) is 13.2. The van der Waals surface area contributed by atoms with Crippen LogP contribution < -0.4 is 0 Å². The third-order valence-corrected chi connectivity index (χ3v) is 4.76. The van der Waals surface area contributed by atoms with E-state index in [1.165, 1.54) is 43.1 Å². The molecule has 0 unspecified atom stereocenters. The van der Waals surface area contributed by atoms with Gasteiger partial charge in [-0.05, 0) is 55.2 Å². The van der Waals surface area contributed by atoms with Crippen molar-refractivity contribution in [3.8, 4) is 0 Å². The van der Waals surface area contributed by atoms with Gasteiger partial charge in [-0.1, -0.05) is 84.9 Å². The highest BCUT2D eigenvalue weighted by molar-refractivity contribution is 6.10. The second-order valence-electron chi connectivity index (χ2n) is 6.36. The van der Waals surface area contributed by atoms with E-state index in [2.05, 4.69) is 97.1 Å². The first-order chi connectivity index (χ1) is 11.8. The Kier molecular flexibility index (Phi) is 2.89. The highest BCUT2D eigenvalue weighted by atomic mass is 14.0. The molecule has 6 rings (SSSR count). The van der Waals surface area contributed by atoms with Crippen LogP contribution in [0.15, 0.2) is 97.1 Å². The van der Waals surface area contributed by atoms with E-state index in [4.69, 9.17) is 0 Å². The van der Waals surface area contributed by atoms with E-state index >= 15 is 0 Å². The van der Waals surface area contributed by atoms with Crippen molar-refractivity contribution in [1.82, 2.24) is 0 Å². The number of rotatable bonds is 0. The molecule has 0 fully saturated rings. The van der Waals surface area contributed by atoms with Gasteiger partial charge in [-0.3, -0.25) is 0 Å². The van der Waals surface area contributed by atoms with Gasteiger partial charge in [0.25, 0.3) is 0 Å². The molecule has 0 radical (unpaired) electrons. The average Bonchev–Trinajstić information content (AvgIpc) is 2.65. The fourth-order valence-corrected chi connectivity index (χ4v) is 3.39. The van der Waals surface area contributed by atoms with Crippen LogP contribution in [0.3, 0.4) is 0 Å². The van der Waals surface area contributed by atoms with Crippen LogP contribution in [0.2, 0.25) is 0 Å². The Bertz CT molecular complexity index is 1130. The van der Waals surface area contributed by atoms with E-state index < -0.39 is 0 Å². The van der Waals surface area contributed by atoms with Crippen LogP contribution in [-0.2, 0) is 0 Å². The fraction of sp³-hybridized carbons (Fsp3) is 0. The van der Waals surface area contributed by atoms with E-state index in [9.17, 15) is 0 Å². The van der Waals surface area contributed by atoms with Crippen LogP contribution in [0.4, 0.5) is 0 Å². The van der Waals surface area contributed by atoms with Crippen molar-refractivity contribution in [2.75, 3.05) is 0 Å². The van der Waals surface area contributed by atoms with Crippen LogP contribution in [-0.4, -0.2) is 0 Å². The zero-order chi connectivity index (χ0) is 15.9. The lowest BCUT2D eigenvalue weighted by molar-refractivity contribution is 1.77. The SMILES string of the molecule is c1cc2ccc1ccc1ccc3ccc4ccc(cc2)cc4c3c1. The maximum Gasteiger partial charge on any atom is -0.00992 e. The zero-order valence-electron chi connectivity index (χ0n) is 13.2. The van der Waals surface area contributed by atoms with Gasteiger partial charge < -0.3 is 0 Å². The summed E-state index contributed by atoms with van der Waals surface area (Å²) in [5, 5.41) is 10.1. The standard InChI is InChI=1S/C24H16/c1-2-18-4-3-17(1)5-7-19-9-11-21-13-14-22-12-10-20(8-6-18)16-24(22)23(21)15-19/h1-16H. The van der Waals surface area contributed by atoms with Crippen LogP contribution in [0, 0.1) is 0 Å². The van der Waals surface area contributed by atoms with Gasteiger partial charge in [0.15, 0.2) is 0 Å². The van der Waals surface area contributed by atoms with Gasteiger partial charge in [0.2, 0.25) is 0 Å². The lowest BCUT2D eigenvalue weighted by Gasteiger charge is -2.05. The molecule has 0 aliphatic rings.